The Morgan fingerprint density at radius 1 is 1.12 bits per heavy atom. The summed E-state index contributed by atoms with van der Waals surface area (Å²) in [5, 5.41) is 16.0. The number of methoxy groups -OCH3 is 1. The van der Waals surface area contributed by atoms with Gasteiger partial charge in [0.05, 0.1) is 0 Å². The fourth-order valence-corrected chi connectivity index (χ4v) is 7.48. The summed E-state index contributed by atoms with van der Waals surface area (Å²) in [7, 11) is 5.30. The minimum Gasteiger partial charge on any atom is -0.507 e. The summed E-state index contributed by atoms with van der Waals surface area (Å²) in [6.07, 6.45) is 1.08. The number of hydrogen-bond donors (Lipinski definition) is 1. The first kappa shape index (κ1) is 28.9. The molecule has 8 heteroatoms. The molecular formula is C35H38N2O6. The number of anilines is 1. The van der Waals surface area contributed by atoms with E-state index in [2.05, 4.69) is 25.6 Å². The van der Waals surface area contributed by atoms with E-state index < -0.39 is 34.9 Å². The van der Waals surface area contributed by atoms with Gasteiger partial charge in [-0.25, -0.2) is 0 Å². The fraction of sp³-hybridized carbons (Fsp3) is 0.400. The normalized spacial score (nSPS) is 24.4. The second-order valence-corrected chi connectivity index (χ2v) is 12.6. The van der Waals surface area contributed by atoms with E-state index in [-0.39, 0.29) is 35.3 Å². The van der Waals surface area contributed by atoms with Crippen LogP contribution in [0.1, 0.15) is 64.6 Å². The highest BCUT2D eigenvalue weighted by Crippen LogP contribution is 2.59. The minimum atomic E-state index is -1.94. The molecule has 3 aliphatic carbocycles. The van der Waals surface area contributed by atoms with Gasteiger partial charge < -0.3 is 24.0 Å². The molecule has 4 unspecified atom stereocenters. The Morgan fingerprint density at radius 3 is 2.49 bits per heavy atom. The maximum Gasteiger partial charge on any atom is 0.265 e. The van der Waals surface area contributed by atoms with Crippen molar-refractivity contribution < 1.29 is 28.7 Å². The molecule has 6 rings (SSSR count). The van der Waals surface area contributed by atoms with Crippen LogP contribution < -0.4 is 9.64 Å². The Bertz CT molecular complexity index is 1670. The van der Waals surface area contributed by atoms with E-state index >= 15 is 0 Å². The summed E-state index contributed by atoms with van der Waals surface area (Å²) in [4.78, 5) is 31.5. The second-order valence-electron chi connectivity index (χ2n) is 12.6. The Hall–Kier alpha value is -4.17. The Kier molecular flexibility index (Phi) is 7.08. The highest BCUT2D eigenvalue weighted by Gasteiger charge is 2.67. The number of carbonyl (C=O) groups is 2. The topological polar surface area (TPSA) is 102 Å². The Labute approximate surface area is 252 Å². The molecule has 1 aromatic heterocycles. The average molecular weight is 583 g/mol. The predicted molar refractivity (Wildman–Crippen MR) is 163 cm³/mol. The number of hydrogen-bond acceptors (Lipinski definition) is 8. The highest BCUT2D eigenvalue weighted by atomic mass is 16.5. The average Bonchev–Trinajstić information content (AvgIpc) is 3.40. The van der Waals surface area contributed by atoms with Crippen molar-refractivity contribution in [3.8, 4) is 5.88 Å². The van der Waals surface area contributed by atoms with Crippen molar-refractivity contribution in [2.75, 3.05) is 26.1 Å². The quantitative estimate of drug-likeness (QED) is 0.258. The molecule has 0 bridgehead atoms. The van der Waals surface area contributed by atoms with Crippen molar-refractivity contribution in [2.24, 2.45) is 17.8 Å². The minimum absolute atomic E-state index is 0.0340. The number of carbonyl (C=O) groups excluding carboxylic acids is 2. The summed E-state index contributed by atoms with van der Waals surface area (Å²) in [5.74, 6) is -2.21. The van der Waals surface area contributed by atoms with E-state index in [1.807, 2.05) is 68.4 Å². The molecule has 1 fully saturated rings. The summed E-state index contributed by atoms with van der Waals surface area (Å²) in [6, 6.07) is 13.5. The molecule has 2 aromatic carbocycles. The molecule has 1 heterocycles. The molecule has 43 heavy (non-hydrogen) atoms. The monoisotopic (exact) mass is 582 g/mol. The molecule has 0 spiro atoms. The molecule has 3 aromatic rings. The lowest BCUT2D eigenvalue weighted by Crippen LogP contribution is -2.63. The van der Waals surface area contributed by atoms with Gasteiger partial charge in [-0.15, -0.1) is 0 Å². The zero-order chi connectivity index (χ0) is 30.8. The summed E-state index contributed by atoms with van der Waals surface area (Å²) in [6.45, 7) is 10.8. The Morgan fingerprint density at radius 2 is 1.84 bits per heavy atom. The smallest absolute Gasteiger partial charge is 0.265 e. The van der Waals surface area contributed by atoms with E-state index in [4.69, 9.17) is 14.0 Å². The summed E-state index contributed by atoms with van der Waals surface area (Å²) in [5.41, 5.74) is 3.33. The molecule has 224 valence electrons. The van der Waals surface area contributed by atoms with E-state index in [0.717, 1.165) is 22.4 Å². The Balaban J connectivity index is 1.53. The van der Waals surface area contributed by atoms with E-state index in [0.29, 0.717) is 29.7 Å². The third kappa shape index (κ3) is 4.18. The van der Waals surface area contributed by atoms with Crippen LogP contribution in [0, 0.1) is 24.7 Å². The van der Waals surface area contributed by atoms with Crippen LogP contribution in [0.15, 0.2) is 64.7 Å². The molecule has 1 saturated carbocycles. The van der Waals surface area contributed by atoms with Gasteiger partial charge in [-0.3, -0.25) is 9.59 Å². The largest absolute Gasteiger partial charge is 0.507 e. The molecule has 8 nitrogen and oxygen atoms in total. The van der Waals surface area contributed by atoms with Crippen LogP contribution in [0.4, 0.5) is 5.69 Å². The lowest BCUT2D eigenvalue weighted by Gasteiger charge is -2.51. The zero-order valence-corrected chi connectivity index (χ0v) is 25.6. The SMILES string of the molecule is C=C1C2Cc3c(N(C)C)ccc(C)c3C(O)=C2C(=O)C2(OC)C(=O)c3c(OCc4ccccc4)noc3C(CC(C)C)C12. The van der Waals surface area contributed by atoms with E-state index in [1.54, 1.807) is 0 Å². The first-order valence-electron chi connectivity index (χ1n) is 14.8. The molecule has 4 atom stereocenters. The van der Waals surface area contributed by atoms with Gasteiger partial charge in [0, 0.05) is 55.8 Å². The standard InChI is InChI=1S/C35H38N2O6/c1-18(2)15-24-29-20(4)22-16-23-25(37(5)6)14-13-19(3)26(23)30(38)27(22)32(39)35(29,41-7)33(40)28-31(24)43-36-34(28)42-17-21-11-9-8-10-12-21/h8-14,18,22,24,29,38H,4,15-17H2,1-3,5-7H3. The number of nitrogens with zero attached hydrogens (tertiary/aromatic N) is 2. The molecule has 3 aliphatic rings. The van der Waals surface area contributed by atoms with Gasteiger partial charge in [-0.1, -0.05) is 62.4 Å². The summed E-state index contributed by atoms with van der Waals surface area (Å²) >= 11 is 0. The fourth-order valence-electron chi connectivity index (χ4n) is 7.48. The van der Waals surface area contributed by atoms with Gasteiger partial charge in [0.1, 0.15) is 17.9 Å². The number of aliphatic hydroxyl groups is 1. The number of aliphatic hydroxyl groups excluding tert-OH is 1. The van der Waals surface area contributed by atoms with Gasteiger partial charge in [0.15, 0.2) is 5.76 Å². The van der Waals surface area contributed by atoms with Crippen LogP contribution in [0.5, 0.6) is 5.88 Å². The molecule has 0 amide bonds. The highest BCUT2D eigenvalue weighted by molar-refractivity contribution is 6.27. The van der Waals surface area contributed by atoms with Gasteiger partial charge in [-0.2, -0.15) is 0 Å². The van der Waals surface area contributed by atoms with Crippen LogP contribution in [-0.4, -0.2) is 48.6 Å². The van der Waals surface area contributed by atoms with Gasteiger partial charge in [0.2, 0.25) is 17.2 Å². The number of Topliss-reactive ketones (excluding diaryl/α,β-unsaturated/α-hetero) is 2. The number of ketones is 2. The van der Waals surface area contributed by atoms with Crippen LogP contribution in [0.3, 0.4) is 0 Å². The lowest BCUT2D eigenvalue weighted by atomic mass is 9.53. The van der Waals surface area contributed by atoms with Crippen molar-refractivity contribution in [3.63, 3.8) is 0 Å². The first-order chi connectivity index (χ1) is 20.5. The molecular weight excluding hydrogens is 544 g/mol. The predicted octanol–water partition coefficient (Wildman–Crippen LogP) is 6.24. The zero-order valence-electron chi connectivity index (χ0n) is 25.6. The number of fused-ring (bicyclic) bond motifs is 4. The second kappa shape index (κ2) is 10.5. The lowest BCUT2D eigenvalue weighted by molar-refractivity contribution is -0.140. The molecule has 0 saturated heterocycles. The maximum atomic E-state index is 14.8. The van der Waals surface area contributed by atoms with Gasteiger partial charge in [0.25, 0.3) is 5.88 Å². The number of benzene rings is 2. The molecule has 1 N–H and O–H groups in total. The number of aryl methyl sites for hydroxylation is 1. The van der Waals surface area contributed by atoms with Crippen molar-refractivity contribution in [1.29, 1.82) is 0 Å². The van der Waals surface area contributed by atoms with Gasteiger partial charge in [-0.05, 0) is 53.6 Å². The number of rotatable bonds is 7. The van der Waals surface area contributed by atoms with Gasteiger partial charge >= 0.3 is 0 Å². The third-order valence-electron chi connectivity index (χ3n) is 9.35. The number of aromatic nitrogens is 1. The maximum absolute atomic E-state index is 14.8. The van der Waals surface area contributed by atoms with Crippen molar-refractivity contribution in [1.82, 2.24) is 5.16 Å². The van der Waals surface area contributed by atoms with E-state index in [1.165, 1.54) is 7.11 Å². The van der Waals surface area contributed by atoms with Crippen LogP contribution in [0.2, 0.25) is 0 Å². The van der Waals surface area contributed by atoms with Crippen molar-refractivity contribution >= 4 is 23.0 Å². The number of ether oxygens (including phenoxy) is 2. The van der Waals surface area contributed by atoms with Crippen molar-refractivity contribution in [2.45, 2.75) is 51.7 Å². The van der Waals surface area contributed by atoms with E-state index in [9.17, 15) is 14.7 Å². The first-order valence-corrected chi connectivity index (χ1v) is 14.8. The van der Waals surface area contributed by atoms with Crippen molar-refractivity contribution in [3.05, 3.63) is 93.8 Å². The third-order valence-corrected chi connectivity index (χ3v) is 9.35. The van der Waals surface area contributed by atoms with Crippen LogP contribution in [0.25, 0.3) is 5.76 Å². The molecule has 0 radical (unpaired) electrons. The van der Waals surface area contributed by atoms with Crippen LogP contribution >= 0.6 is 0 Å². The summed E-state index contributed by atoms with van der Waals surface area (Å²) < 4.78 is 18.0. The molecule has 0 aliphatic heterocycles. The van der Waals surface area contributed by atoms with Crippen LogP contribution in [-0.2, 0) is 22.6 Å².